The number of rotatable bonds is 2. The van der Waals surface area contributed by atoms with Gasteiger partial charge >= 0.3 is 0 Å². The summed E-state index contributed by atoms with van der Waals surface area (Å²) in [5.41, 5.74) is -0.0309. The first-order valence-corrected chi connectivity index (χ1v) is 6.32. The lowest BCUT2D eigenvalue weighted by Gasteiger charge is -2.23. The number of hydrogen-bond acceptors (Lipinski definition) is 2. The van der Waals surface area contributed by atoms with Gasteiger partial charge in [-0.05, 0) is 56.0 Å². The number of halogens is 2. The van der Waals surface area contributed by atoms with Gasteiger partial charge in [0.25, 0.3) is 0 Å². The van der Waals surface area contributed by atoms with Crippen molar-refractivity contribution in [2.45, 2.75) is 19.3 Å². The predicted octanol–water partition coefficient (Wildman–Crippen LogP) is 2.54. The Balaban J connectivity index is 1.82. The van der Waals surface area contributed by atoms with E-state index in [1.807, 2.05) is 0 Å². The van der Waals surface area contributed by atoms with Crippen LogP contribution in [0.4, 0.5) is 8.78 Å². The van der Waals surface area contributed by atoms with Gasteiger partial charge < -0.3 is 5.32 Å². The molecule has 1 heterocycles. The highest BCUT2D eigenvalue weighted by atomic mass is 19.1. The zero-order chi connectivity index (χ0) is 12.8. The molecule has 1 N–H and O–H groups in total. The van der Waals surface area contributed by atoms with Crippen molar-refractivity contribution in [3.8, 4) is 0 Å². The van der Waals surface area contributed by atoms with Crippen LogP contribution in [0.5, 0.6) is 0 Å². The van der Waals surface area contributed by atoms with Gasteiger partial charge in [-0.25, -0.2) is 8.78 Å². The molecule has 18 heavy (non-hydrogen) atoms. The molecule has 1 unspecified atom stereocenters. The second-order valence-corrected chi connectivity index (χ2v) is 5.36. The molecule has 1 aliphatic heterocycles. The predicted molar refractivity (Wildman–Crippen MR) is 63.3 cm³/mol. The SMILES string of the molecule is O=C(c1cc(F)ccc1F)C1CC12CCNCC2. The van der Waals surface area contributed by atoms with Crippen LogP contribution in [0.25, 0.3) is 0 Å². The van der Waals surface area contributed by atoms with Gasteiger partial charge in [-0.1, -0.05) is 0 Å². The Morgan fingerprint density at radius 3 is 2.72 bits per heavy atom. The first kappa shape index (κ1) is 11.8. The van der Waals surface area contributed by atoms with E-state index in [-0.39, 0.29) is 22.7 Å². The number of carbonyl (C=O) groups is 1. The molecule has 96 valence electrons. The summed E-state index contributed by atoms with van der Waals surface area (Å²) in [6.07, 6.45) is 2.74. The van der Waals surface area contributed by atoms with Crippen LogP contribution in [0, 0.1) is 23.0 Å². The number of ketones is 1. The Morgan fingerprint density at radius 1 is 1.28 bits per heavy atom. The van der Waals surface area contributed by atoms with Crippen LogP contribution in [0.15, 0.2) is 18.2 Å². The summed E-state index contributed by atoms with van der Waals surface area (Å²) in [4.78, 5) is 12.2. The highest BCUT2D eigenvalue weighted by molar-refractivity contribution is 6.00. The van der Waals surface area contributed by atoms with E-state index in [0.717, 1.165) is 50.6 Å². The molecule has 0 radical (unpaired) electrons. The van der Waals surface area contributed by atoms with Gasteiger partial charge in [0.1, 0.15) is 11.6 Å². The van der Waals surface area contributed by atoms with Crippen LogP contribution < -0.4 is 5.32 Å². The summed E-state index contributed by atoms with van der Waals surface area (Å²) in [5, 5.41) is 3.25. The second-order valence-electron chi connectivity index (χ2n) is 5.36. The molecular weight excluding hydrogens is 236 g/mol. The molecular formula is C14H15F2NO. The van der Waals surface area contributed by atoms with Crippen molar-refractivity contribution in [2.75, 3.05) is 13.1 Å². The maximum atomic E-state index is 13.6. The molecule has 3 rings (SSSR count). The van der Waals surface area contributed by atoms with Crippen molar-refractivity contribution in [3.05, 3.63) is 35.4 Å². The Bertz CT molecular complexity index is 495. The highest BCUT2D eigenvalue weighted by Crippen LogP contribution is 2.59. The van der Waals surface area contributed by atoms with Gasteiger partial charge in [-0.3, -0.25) is 4.79 Å². The number of hydrogen-bond donors (Lipinski definition) is 1. The third-order valence-electron chi connectivity index (χ3n) is 4.30. The highest BCUT2D eigenvalue weighted by Gasteiger charge is 2.57. The number of Topliss-reactive ketones (excluding diaryl/α,β-unsaturated/α-hetero) is 1. The van der Waals surface area contributed by atoms with E-state index in [0.29, 0.717) is 0 Å². The first-order chi connectivity index (χ1) is 8.62. The van der Waals surface area contributed by atoms with Crippen LogP contribution in [0.3, 0.4) is 0 Å². The molecule has 1 saturated carbocycles. The maximum absolute atomic E-state index is 13.6. The molecule has 2 aliphatic rings. The lowest BCUT2D eigenvalue weighted by Crippen LogP contribution is -2.30. The van der Waals surface area contributed by atoms with Crippen LogP contribution in [-0.2, 0) is 0 Å². The molecule has 2 fully saturated rings. The minimum absolute atomic E-state index is 0.0566. The Kier molecular flexibility index (Phi) is 2.70. The van der Waals surface area contributed by atoms with E-state index in [9.17, 15) is 13.6 Å². The minimum Gasteiger partial charge on any atom is -0.317 e. The van der Waals surface area contributed by atoms with Crippen molar-refractivity contribution in [3.63, 3.8) is 0 Å². The molecule has 1 saturated heterocycles. The fourth-order valence-corrected chi connectivity index (χ4v) is 3.07. The lowest BCUT2D eigenvalue weighted by molar-refractivity contribution is 0.0936. The average Bonchev–Trinajstić information content (AvgIpc) is 3.06. The molecule has 0 aromatic heterocycles. The zero-order valence-corrected chi connectivity index (χ0v) is 10.0. The molecule has 1 atom stereocenters. The van der Waals surface area contributed by atoms with E-state index >= 15 is 0 Å². The normalized spacial score (nSPS) is 25.1. The zero-order valence-electron chi connectivity index (χ0n) is 10.0. The number of piperidine rings is 1. The molecule has 0 amide bonds. The van der Waals surface area contributed by atoms with Gasteiger partial charge in [0.15, 0.2) is 5.78 Å². The summed E-state index contributed by atoms with van der Waals surface area (Å²) in [7, 11) is 0. The van der Waals surface area contributed by atoms with Crippen molar-refractivity contribution >= 4 is 5.78 Å². The number of carbonyl (C=O) groups excluding carboxylic acids is 1. The first-order valence-electron chi connectivity index (χ1n) is 6.32. The van der Waals surface area contributed by atoms with Crippen molar-refractivity contribution in [1.82, 2.24) is 5.32 Å². The van der Waals surface area contributed by atoms with Crippen molar-refractivity contribution in [1.29, 1.82) is 0 Å². The maximum Gasteiger partial charge on any atom is 0.169 e. The quantitative estimate of drug-likeness (QED) is 0.818. The minimum atomic E-state index is -0.614. The number of benzene rings is 1. The molecule has 1 aromatic carbocycles. The van der Waals surface area contributed by atoms with E-state index in [1.165, 1.54) is 0 Å². The van der Waals surface area contributed by atoms with E-state index in [4.69, 9.17) is 0 Å². The third kappa shape index (κ3) is 1.85. The fourth-order valence-electron chi connectivity index (χ4n) is 3.07. The van der Waals surface area contributed by atoms with E-state index < -0.39 is 11.6 Å². The largest absolute Gasteiger partial charge is 0.317 e. The summed E-state index contributed by atoms with van der Waals surface area (Å²) in [6, 6.07) is 3.09. The van der Waals surface area contributed by atoms with Crippen LogP contribution >= 0.6 is 0 Å². The van der Waals surface area contributed by atoms with Gasteiger partial charge in [-0.15, -0.1) is 0 Å². The van der Waals surface area contributed by atoms with Crippen LogP contribution in [0.1, 0.15) is 29.6 Å². The Hall–Kier alpha value is -1.29. The molecule has 0 bridgehead atoms. The second kappa shape index (κ2) is 4.12. The fraction of sp³-hybridized carbons (Fsp3) is 0.500. The van der Waals surface area contributed by atoms with Gasteiger partial charge in [0, 0.05) is 5.92 Å². The summed E-state index contributed by atoms with van der Waals surface area (Å²) >= 11 is 0. The molecule has 1 aliphatic carbocycles. The molecule has 1 spiro atoms. The van der Waals surface area contributed by atoms with Gasteiger partial charge in [0.05, 0.1) is 5.56 Å². The Labute approximate surface area is 104 Å². The summed E-state index contributed by atoms with van der Waals surface area (Å²) < 4.78 is 26.7. The van der Waals surface area contributed by atoms with E-state index in [2.05, 4.69) is 5.32 Å². The summed E-state index contributed by atoms with van der Waals surface area (Å²) in [5.74, 6) is -1.51. The third-order valence-corrected chi connectivity index (χ3v) is 4.30. The molecule has 4 heteroatoms. The van der Waals surface area contributed by atoms with Crippen LogP contribution in [-0.4, -0.2) is 18.9 Å². The monoisotopic (exact) mass is 251 g/mol. The molecule has 2 nitrogen and oxygen atoms in total. The van der Waals surface area contributed by atoms with E-state index in [1.54, 1.807) is 0 Å². The van der Waals surface area contributed by atoms with Crippen molar-refractivity contribution < 1.29 is 13.6 Å². The lowest BCUT2D eigenvalue weighted by atomic mass is 9.89. The van der Waals surface area contributed by atoms with Crippen molar-refractivity contribution in [2.24, 2.45) is 11.3 Å². The topological polar surface area (TPSA) is 29.1 Å². The number of nitrogens with one attached hydrogen (secondary N) is 1. The summed E-state index contributed by atoms with van der Waals surface area (Å²) in [6.45, 7) is 1.82. The average molecular weight is 251 g/mol. The smallest absolute Gasteiger partial charge is 0.169 e. The van der Waals surface area contributed by atoms with Crippen LogP contribution in [0.2, 0.25) is 0 Å². The standard InChI is InChI=1S/C14H15F2NO/c15-9-1-2-12(16)10(7-9)13(18)11-8-14(11)3-5-17-6-4-14/h1-2,7,11,17H,3-6,8H2. The molecule has 1 aromatic rings. The Morgan fingerprint density at radius 2 is 2.00 bits per heavy atom. The van der Waals surface area contributed by atoms with Gasteiger partial charge in [-0.2, -0.15) is 0 Å². The van der Waals surface area contributed by atoms with Gasteiger partial charge in [0.2, 0.25) is 0 Å².